The number of azide groups is 1. The lowest BCUT2D eigenvalue weighted by Gasteiger charge is -2.11. The second-order valence-electron chi connectivity index (χ2n) is 4.42. The van der Waals surface area contributed by atoms with Gasteiger partial charge in [-0.05, 0) is 29.6 Å². The van der Waals surface area contributed by atoms with Gasteiger partial charge in [-0.3, -0.25) is 0 Å². The van der Waals surface area contributed by atoms with E-state index >= 15 is 0 Å². The van der Waals surface area contributed by atoms with E-state index in [2.05, 4.69) is 10.0 Å². The molecule has 19 heavy (non-hydrogen) atoms. The molecule has 1 saturated heterocycles. The summed E-state index contributed by atoms with van der Waals surface area (Å²) >= 11 is 0. The van der Waals surface area contributed by atoms with Crippen LogP contribution in [0.25, 0.3) is 10.4 Å². The number of hydrogen-bond donors (Lipinski definition) is 0. The number of rotatable bonds is 3. The normalized spacial score (nSPS) is 23.1. The molecule has 7 heteroatoms. The maximum absolute atomic E-state index is 12.4. The Morgan fingerprint density at radius 2 is 2.00 bits per heavy atom. The first-order chi connectivity index (χ1) is 9.00. The summed E-state index contributed by atoms with van der Waals surface area (Å²) in [5.74, 6) is 0.0566. The van der Waals surface area contributed by atoms with Gasteiger partial charge in [0.1, 0.15) is 0 Å². The van der Waals surface area contributed by atoms with E-state index < -0.39 is 11.7 Å². The smallest absolute Gasteiger partial charge is 0.377 e. The molecule has 1 aromatic carbocycles. The molecule has 2 rings (SSSR count). The quantitative estimate of drug-likeness (QED) is 0.467. The SMILES string of the molecule is [N-]=[N+]=NC[C@@H]1C[C@H](c2ccc(C(F)(F)F)cc2)CO1. The third-order valence-corrected chi connectivity index (χ3v) is 3.14. The molecule has 0 bridgehead atoms. The predicted octanol–water partition coefficient (Wildman–Crippen LogP) is 3.89. The van der Waals surface area contributed by atoms with Crippen LogP contribution >= 0.6 is 0 Å². The summed E-state index contributed by atoms with van der Waals surface area (Å²) in [6.07, 6.45) is -3.80. The number of hydrogen-bond acceptors (Lipinski definition) is 2. The second-order valence-corrected chi connectivity index (χ2v) is 4.42. The van der Waals surface area contributed by atoms with E-state index in [0.29, 0.717) is 13.0 Å². The Morgan fingerprint density at radius 3 is 2.58 bits per heavy atom. The maximum Gasteiger partial charge on any atom is 0.416 e. The summed E-state index contributed by atoms with van der Waals surface area (Å²) in [5, 5.41) is 3.44. The average Bonchev–Trinajstić information content (AvgIpc) is 2.84. The van der Waals surface area contributed by atoms with Crippen molar-refractivity contribution in [2.45, 2.75) is 24.6 Å². The molecular weight excluding hydrogens is 259 g/mol. The van der Waals surface area contributed by atoms with Crippen molar-refractivity contribution >= 4 is 0 Å². The van der Waals surface area contributed by atoms with Gasteiger partial charge in [0.2, 0.25) is 0 Å². The van der Waals surface area contributed by atoms with Crippen molar-refractivity contribution < 1.29 is 17.9 Å². The summed E-state index contributed by atoms with van der Waals surface area (Å²) in [5.41, 5.74) is 8.38. The molecule has 1 heterocycles. The van der Waals surface area contributed by atoms with Gasteiger partial charge in [0.25, 0.3) is 0 Å². The van der Waals surface area contributed by atoms with Crippen molar-refractivity contribution in [2.75, 3.05) is 13.2 Å². The lowest BCUT2D eigenvalue weighted by Crippen LogP contribution is -2.08. The Bertz CT molecular complexity index is 480. The summed E-state index contributed by atoms with van der Waals surface area (Å²) in [6.45, 7) is 0.699. The predicted molar refractivity (Wildman–Crippen MR) is 62.6 cm³/mol. The van der Waals surface area contributed by atoms with Gasteiger partial charge < -0.3 is 4.74 Å². The molecule has 1 aromatic rings. The van der Waals surface area contributed by atoms with Crippen LogP contribution in [-0.4, -0.2) is 19.3 Å². The van der Waals surface area contributed by atoms with Gasteiger partial charge in [-0.1, -0.05) is 17.2 Å². The molecule has 1 aliphatic rings. The van der Waals surface area contributed by atoms with Crippen LogP contribution in [0.2, 0.25) is 0 Å². The minimum absolute atomic E-state index is 0.0566. The van der Waals surface area contributed by atoms with Gasteiger partial charge in [0, 0.05) is 10.8 Å². The molecule has 0 spiro atoms. The summed E-state index contributed by atoms with van der Waals surface area (Å²) in [4.78, 5) is 2.66. The lowest BCUT2D eigenvalue weighted by molar-refractivity contribution is -0.137. The van der Waals surface area contributed by atoms with Crippen molar-refractivity contribution in [3.63, 3.8) is 0 Å². The van der Waals surface area contributed by atoms with Gasteiger partial charge in [-0.25, -0.2) is 0 Å². The van der Waals surface area contributed by atoms with E-state index in [0.717, 1.165) is 17.7 Å². The highest BCUT2D eigenvalue weighted by Gasteiger charge is 2.31. The largest absolute Gasteiger partial charge is 0.416 e. The highest BCUT2D eigenvalue weighted by Crippen LogP contribution is 2.33. The number of nitrogens with zero attached hydrogens (tertiary/aromatic N) is 3. The van der Waals surface area contributed by atoms with Crippen molar-refractivity contribution in [3.05, 3.63) is 45.8 Å². The molecule has 4 nitrogen and oxygen atoms in total. The van der Waals surface area contributed by atoms with Crippen LogP contribution in [0.15, 0.2) is 29.4 Å². The van der Waals surface area contributed by atoms with Gasteiger partial charge >= 0.3 is 6.18 Å². The van der Waals surface area contributed by atoms with Gasteiger partial charge in [-0.15, -0.1) is 0 Å². The Kier molecular flexibility index (Phi) is 3.97. The van der Waals surface area contributed by atoms with E-state index in [4.69, 9.17) is 10.3 Å². The van der Waals surface area contributed by atoms with Crippen LogP contribution in [0.4, 0.5) is 13.2 Å². The van der Waals surface area contributed by atoms with Crippen LogP contribution < -0.4 is 0 Å². The topological polar surface area (TPSA) is 58.0 Å². The van der Waals surface area contributed by atoms with E-state index in [-0.39, 0.29) is 18.6 Å². The lowest BCUT2D eigenvalue weighted by atomic mass is 9.95. The third kappa shape index (κ3) is 3.39. The van der Waals surface area contributed by atoms with E-state index in [1.165, 1.54) is 12.1 Å². The molecule has 0 unspecified atom stereocenters. The Balaban J connectivity index is 2.02. The van der Waals surface area contributed by atoms with Crippen LogP contribution in [0.3, 0.4) is 0 Å². The van der Waals surface area contributed by atoms with E-state index in [1.807, 2.05) is 0 Å². The fourth-order valence-corrected chi connectivity index (χ4v) is 2.14. The Morgan fingerprint density at radius 1 is 1.32 bits per heavy atom. The zero-order valence-electron chi connectivity index (χ0n) is 9.97. The number of alkyl halides is 3. The first kappa shape index (κ1) is 13.7. The van der Waals surface area contributed by atoms with Crippen molar-refractivity contribution in [2.24, 2.45) is 5.11 Å². The van der Waals surface area contributed by atoms with Crippen molar-refractivity contribution in [3.8, 4) is 0 Å². The zero-order chi connectivity index (χ0) is 13.9. The molecule has 0 saturated carbocycles. The Hall–Kier alpha value is -1.72. The molecule has 0 radical (unpaired) electrons. The molecule has 0 N–H and O–H groups in total. The van der Waals surface area contributed by atoms with Crippen LogP contribution in [0.5, 0.6) is 0 Å². The molecular formula is C12H12F3N3O. The Labute approximate surface area is 107 Å². The minimum Gasteiger partial charge on any atom is -0.377 e. The summed E-state index contributed by atoms with van der Waals surface area (Å²) in [6, 6.07) is 5.12. The number of benzene rings is 1. The van der Waals surface area contributed by atoms with Crippen LogP contribution in [-0.2, 0) is 10.9 Å². The van der Waals surface area contributed by atoms with Gasteiger partial charge in [-0.2, -0.15) is 13.2 Å². The maximum atomic E-state index is 12.4. The standard InChI is InChI=1S/C12H12F3N3O/c13-12(14,15)10-3-1-8(2-4-10)9-5-11(19-7-9)6-17-18-16/h1-4,9,11H,5-7H2/t9-,11-/m0/s1. The zero-order valence-corrected chi connectivity index (χ0v) is 9.97. The highest BCUT2D eigenvalue weighted by molar-refractivity contribution is 5.27. The fraction of sp³-hybridized carbons (Fsp3) is 0.500. The van der Waals surface area contributed by atoms with E-state index in [9.17, 15) is 13.2 Å². The monoisotopic (exact) mass is 271 g/mol. The first-order valence-electron chi connectivity index (χ1n) is 5.80. The second kappa shape index (κ2) is 5.50. The van der Waals surface area contributed by atoms with Crippen LogP contribution in [0.1, 0.15) is 23.5 Å². The fourth-order valence-electron chi connectivity index (χ4n) is 2.14. The molecule has 0 amide bonds. The van der Waals surface area contributed by atoms with Crippen LogP contribution in [0, 0.1) is 0 Å². The van der Waals surface area contributed by atoms with Crippen molar-refractivity contribution in [1.82, 2.24) is 0 Å². The molecule has 2 atom stereocenters. The van der Waals surface area contributed by atoms with Gasteiger partial charge in [0.15, 0.2) is 0 Å². The molecule has 0 aromatic heterocycles. The summed E-state index contributed by atoms with van der Waals surface area (Å²) < 4.78 is 42.7. The highest BCUT2D eigenvalue weighted by atomic mass is 19.4. The van der Waals surface area contributed by atoms with E-state index in [1.54, 1.807) is 0 Å². The third-order valence-electron chi connectivity index (χ3n) is 3.14. The summed E-state index contributed by atoms with van der Waals surface area (Å²) in [7, 11) is 0. The number of halogens is 3. The molecule has 102 valence electrons. The first-order valence-corrected chi connectivity index (χ1v) is 5.80. The minimum atomic E-state index is -4.31. The molecule has 1 fully saturated rings. The average molecular weight is 271 g/mol. The molecule has 1 aliphatic heterocycles. The molecule has 0 aliphatic carbocycles. The number of ether oxygens (including phenoxy) is 1. The van der Waals surface area contributed by atoms with Gasteiger partial charge in [0.05, 0.1) is 24.8 Å². The van der Waals surface area contributed by atoms with Crippen molar-refractivity contribution in [1.29, 1.82) is 0 Å².